The highest BCUT2D eigenvalue weighted by molar-refractivity contribution is 7.19. The van der Waals surface area contributed by atoms with Gasteiger partial charge in [0.05, 0.1) is 22.7 Å². The lowest BCUT2D eigenvalue weighted by atomic mass is 10.1. The molecule has 0 amide bonds. The zero-order chi connectivity index (χ0) is 13.9. The topological polar surface area (TPSA) is 61.0 Å². The van der Waals surface area contributed by atoms with Crippen LogP contribution in [0.25, 0.3) is 10.6 Å². The normalized spacial score (nSPS) is 10.7. The van der Waals surface area contributed by atoms with Crippen LogP contribution in [0.5, 0.6) is 5.75 Å². The van der Waals surface area contributed by atoms with Crippen LogP contribution in [0, 0.1) is 0 Å². The van der Waals surface area contributed by atoms with Crippen LogP contribution in [-0.4, -0.2) is 17.1 Å². The van der Waals surface area contributed by atoms with Gasteiger partial charge in [0, 0.05) is 23.6 Å². The molecule has 2 aromatic heterocycles. The van der Waals surface area contributed by atoms with E-state index in [0.29, 0.717) is 5.13 Å². The van der Waals surface area contributed by atoms with Gasteiger partial charge in [0.25, 0.3) is 0 Å². The van der Waals surface area contributed by atoms with Crippen molar-refractivity contribution in [3.05, 3.63) is 46.4 Å². The van der Waals surface area contributed by atoms with Crippen LogP contribution >= 0.6 is 22.7 Å². The molecule has 0 unspecified atom stereocenters. The van der Waals surface area contributed by atoms with Gasteiger partial charge in [-0.1, -0.05) is 29.5 Å². The Morgan fingerprint density at radius 2 is 2.15 bits per heavy atom. The smallest absolute Gasteiger partial charge is 0.180 e. The number of para-hydroxylation sites is 1. The van der Waals surface area contributed by atoms with Gasteiger partial charge in [-0.25, -0.2) is 9.97 Å². The zero-order valence-corrected chi connectivity index (χ0v) is 12.5. The van der Waals surface area contributed by atoms with E-state index in [1.54, 1.807) is 24.6 Å². The molecule has 0 aliphatic heterocycles. The van der Waals surface area contributed by atoms with Crippen LogP contribution in [0.1, 0.15) is 10.6 Å². The maximum Gasteiger partial charge on any atom is 0.180 e. The Kier molecular flexibility index (Phi) is 3.66. The Morgan fingerprint density at radius 3 is 2.90 bits per heavy atom. The number of nitrogen functional groups attached to an aromatic ring is 1. The fraction of sp³-hybridized carbons (Fsp3) is 0.143. The standard InChI is InChI=1S/C14H13N3OS2/c1-18-11-5-3-2-4-9(11)6-13-17-10(8-19-13)12-7-16-14(15)20-12/h2-5,7-8H,6H2,1H3,(H2,15,16). The van der Waals surface area contributed by atoms with Crippen LogP contribution in [0.3, 0.4) is 0 Å². The van der Waals surface area contributed by atoms with Crippen molar-refractivity contribution in [3.8, 4) is 16.3 Å². The molecule has 0 aliphatic carbocycles. The van der Waals surface area contributed by atoms with Gasteiger partial charge in [-0.3, -0.25) is 0 Å². The molecule has 1 aromatic carbocycles. The number of hydrogen-bond acceptors (Lipinski definition) is 6. The number of benzene rings is 1. The van der Waals surface area contributed by atoms with Crippen molar-refractivity contribution in [1.82, 2.24) is 9.97 Å². The van der Waals surface area contributed by atoms with Crippen molar-refractivity contribution in [1.29, 1.82) is 0 Å². The van der Waals surface area contributed by atoms with Gasteiger partial charge in [-0.15, -0.1) is 11.3 Å². The van der Waals surface area contributed by atoms with E-state index in [4.69, 9.17) is 10.5 Å². The number of nitrogens with two attached hydrogens (primary N) is 1. The van der Waals surface area contributed by atoms with E-state index in [2.05, 4.69) is 16.0 Å². The molecule has 0 fully saturated rings. The van der Waals surface area contributed by atoms with Crippen molar-refractivity contribution < 1.29 is 4.74 Å². The number of anilines is 1. The van der Waals surface area contributed by atoms with E-state index in [0.717, 1.165) is 33.3 Å². The summed E-state index contributed by atoms with van der Waals surface area (Å²) in [6, 6.07) is 8.00. The van der Waals surface area contributed by atoms with Crippen molar-refractivity contribution in [2.75, 3.05) is 12.8 Å². The van der Waals surface area contributed by atoms with E-state index in [9.17, 15) is 0 Å². The second-order valence-electron chi connectivity index (χ2n) is 4.18. The molecule has 2 N–H and O–H groups in total. The third-order valence-corrected chi connectivity index (χ3v) is 4.56. The number of ether oxygens (including phenoxy) is 1. The first-order chi connectivity index (χ1) is 9.76. The summed E-state index contributed by atoms with van der Waals surface area (Å²) in [6.07, 6.45) is 2.53. The van der Waals surface area contributed by atoms with Crippen LogP contribution in [0.2, 0.25) is 0 Å². The highest BCUT2D eigenvalue weighted by atomic mass is 32.1. The number of thiazole rings is 2. The van der Waals surface area contributed by atoms with Gasteiger partial charge < -0.3 is 10.5 Å². The predicted molar refractivity (Wildman–Crippen MR) is 83.4 cm³/mol. The SMILES string of the molecule is COc1ccccc1Cc1nc(-c2cnc(N)s2)cs1. The van der Waals surface area contributed by atoms with Crippen molar-refractivity contribution in [2.24, 2.45) is 0 Å². The molecule has 4 nitrogen and oxygen atoms in total. The molecule has 0 saturated heterocycles. The number of rotatable bonds is 4. The van der Waals surface area contributed by atoms with Crippen LogP contribution < -0.4 is 10.5 Å². The second kappa shape index (κ2) is 5.60. The third-order valence-electron chi connectivity index (χ3n) is 2.86. The Hall–Kier alpha value is -1.92. The Bertz CT molecular complexity index is 721. The van der Waals surface area contributed by atoms with E-state index in [1.807, 2.05) is 23.6 Å². The quantitative estimate of drug-likeness (QED) is 0.802. The van der Waals surface area contributed by atoms with Crippen molar-refractivity contribution in [3.63, 3.8) is 0 Å². The minimum absolute atomic E-state index is 0.569. The molecule has 0 radical (unpaired) electrons. The first-order valence-electron chi connectivity index (χ1n) is 6.04. The molecule has 3 rings (SSSR count). The third kappa shape index (κ3) is 2.66. The zero-order valence-electron chi connectivity index (χ0n) is 10.9. The van der Waals surface area contributed by atoms with Gasteiger partial charge in [0.15, 0.2) is 5.13 Å². The largest absolute Gasteiger partial charge is 0.496 e. The van der Waals surface area contributed by atoms with Crippen LogP contribution in [0.15, 0.2) is 35.8 Å². The first kappa shape index (κ1) is 13.1. The number of methoxy groups -OCH3 is 1. The molecule has 0 spiro atoms. The maximum atomic E-state index is 5.65. The molecular formula is C14H13N3OS2. The maximum absolute atomic E-state index is 5.65. The monoisotopic (exact) mass is 303 g/mol. The Morgan fingerprint density at radius 1 is 1.30 bits per heavy atom. The minimum Gasteiger partial charge on any atom is -0.496 e. The highest BCUT2D eigenvalue weighted by Crippen LogP contribution is 2.30. The number of hydrogen-bond donors (Lipinski definition) is 1. The van der Waals surface area contributed by atoms with Crippen LogP contribution in [-0.2, 0) is 6.42 Å². The van der Waals surface area contributed by atoms with E-state index in [-0.39, 0.29) is 0 Å². The molecule has 3 aromatic rings. The lowest BCUT2D eigenvalue weighted by Crippen LogP contribution is -1.92. The van der Waals surface area contributed by atoms with Crippen molar-refractivity contribution >= 4 is 27.8 Å². The fourth-order valence-corrected chi connectivity index (χ4v) is 3.46. The summed E-state index contributed by atoms with van der Waals surface area (Å²) in [6.45, 7) is 0. The second-order valence-corrected chi connectivity index (χ2v) is 6.18. The van der Waals surface area contributed by atoms with Gasteiger partial charge >= 0.3 is 0 Å². The first-order valence-corrected chi connectivity index (χ1v) is 7.74. The average Bonchev–Trinajstić information content (AvgIpc) is 3.08. The summed E-state index contributed by atoms with van der Waals surface area (Å²) in [7, 11) is 1.69. The Labute approximate surface area is 124 Å². The number of nitrogens with zero attached hydrogens (tertiary/aromatic N) is 2. The van der Waals surface area contributed by atoms with Gasteiger partial charge in [0.2, 0.25) is 0 Å². The summed E-state index contributed by atoms with van der Waals surface area (Å²) in [5.41, 5.74) is 7.73. The molecule has 0 aliphatic rings. The lowest BCUT2D eigenvalue weighted by Gasteiger charge is -2.05. The van der Waals surface area contributed by atoms with E-state index >= 15 is 0 Å². The molecule has 0 atom stereocenters. The van der Waals surface area contributed by atoms with Crippen molar-refractivity contribution in [2.45, 2.75) is 6.42 Å². The molecule has 6 heteroatoms. The molecule has 2 heterocycles. The molecular weight excluding hydrogens is 290 g/mol. The fourth-order valence-electron chi connectivity index (χ4n) is 1.92. The van der Waals surface area contributed by atoms with E-state index in [1.165, 1.54) is 11.3 Å². The average molecular weight is 303 g/mol. The van der Waals surface area contributed by atoms with Crippen LogP contribution in [0.4, 0.5) is 5.13 Å². The minimum atomic E-state index is 0.569. The summed E-state index contributed by atoms with van der Waals surface area (Å²) in [4.78, 5) is 9.70. The lowest BCUT2D eigenvalue weighted by molar-refractivity contribution is 0.410. The van der Waals surface area contributed by atoms with Gasteiger partial charge in [0.1, 0.15) is 5.75 Å². The molecule has 102 valence electrons. The Balaban J connectivity index is 1.84. The summed E-state index contributed by atoms with van der Waals surface area (Å²) in [5.74, 6) is 0.895. The summed E-state index contributed by atoms with van der Waals surface area (Å²) in [5, 5.41) is 3.66. The predicted octanol–water partition coefficient (Wildman–Crippen LogP) is 3.45. The highest BCUT2D eigenvalue weighted by Gasteiger charge is 2.10. The molecule has 0 bridgehead atoms. The van der Waals surface area contributed by atoms with Gasteiger partial charge in [-0.05, 0) is 6.07 Å². The molecule has 20 heavy (non-hydrogen) atoms. The molecule has 0 saturated carbocycles. The summed E-state index contributed by atoms with van der Waals surface area (Å²) >= 11 is 3.09. The van der Waals surface area contributed by atoms with E-state index < -0.39 is 0 Å². The summed E-state index contributed by atoms with van der Waals surface area (Å²) < 4.78 is 5.36. The number of aromatic nitrogens is 2. The van der Waals surface area contributed by atoms with Gasteiger partial charge in [-0.2, -0.15) is 0 Å².